The van der Waals surface area contributed by atoms with E-state index >= 15 is 0 Å². The van der Waals surface area contributed by atoms with Gasteiger partial charge in [0.05, 0.1) is 32.8 Å². The molecule has 1 unspecified atom stereocenters. The van der Waals surface area contributed by atoms with Crippen LogP contribution in [0.15, 0.2) is 48.5 Å². The van der Waals surface area contributed by atoms with Crippen molar-refractivity contribution in [2.75, 3.05) is 27.2 Å². The molecule has 32 heavy (non-hydrogen) atoms. The SMILES string of the molecule is CCCCCCCCc1cccc(C(CC)(OCC)[N+](C)(C)CC)c1Oc1ccccc1. The molecule has 0 aliphatic carbocycles. The Balaban J connectivity index is 2.48. The van der Waals surface area contributed by atoms with E-state index in [0.29, 0.717) is 6.61 Å². The lowest BCUT2D eigenvalue weighted by Gasteiger charge is -2.47. The number of aryl methyl sites for hydroxylation is 1. The van der Waals surface area contributed by atoms with E-state index in [1.165, 1.54) is 49.7 Å². The molecule has 2 aromatic rings. The highest BCUT2D eigenvalue weighted by Gasteiger charge is 2.48. The second-order valence-corrected chi connectivity index (χ2v) is 9.30. The van der Waals surface area contributed by atoms with Gasteiger partial charge in [-0.25, -0.2) is 0 Å². The Hall–Kier alpha value is -1.84. The van der Waals surface area contributed by atoms with Crippen molar-refractivity contribution < 1.29 is 14.0 Å². The molecule has 0 fully saturated rings. The number of para-hydroxylation sites is 2. The summed E-state index contributed by atoms with van der Waals surface area (Å²) < 4.78 is 14.0. The predicted molar refractivity (Wildman–Crippen MR) is 136 cm³/mol. The average molecular weight is 441 g/mol. The topological polar surface area (TPSA) is 18.5 Å². The lowest BCUT2D eigenvalue weighted by Crippen LogP contribution is -2.58. The molecular formula is C29H46NO2+. The van der Waals surface area contributed by atoms with Gasteiger partial charge in [0, 0.05) is 6.42 Å². The molecule has 1 atom stereocenters. The molecule has 0 aliphatic rings. The first-order valence-corrected chi connectivity index (χ1v) is 12.8. The third kappa shape index (κ3) is 6.36. The molecule has 0 radical (unpaired) electrons. The van der Waals surface area contributed by atoms with E-state index in [2.05, 4.69) is 60.0 Å². The molecule has 0 aromatic heterocycles. The molecule has 0 N–H and O–H groups in total. The van der Waals surface area contributed by atoms with Crippen LogP contribution in [0.25, 0.3) is 0 Å². The normalized spacial score (nSPS) is 13.7. The molecule has 2 aromatic carbocycles. The highest BCUT2D eigenvalue weighted by molar-refractivity contribution is 5.47. The number of hydrogen-bond acceptors (Lipinski definition) is 2. The number of rotatable bonds is 15. The molecule has 2 rings (SSSR count). The molecule has 0 heterocycles. The fourth-order valence-corrected chi connectivity index (χ4v) is 4.71. The zero-order valence-electron chi connectivity index (χ0n) is 21.5. The zero-order valence-corrected chi connectivity index (χ0v) is 21.5. The Kier molecular flexibility index (Phi) is 10.7. The summed E-state index contributed by atoms with van der Waals surface area (Å²) >= 11 is 0. The predicted octanol–water partition coefficient (Wildman–Crippen LogP) is 8.08. The van der Waals surface area contributed by atoms with Crippen molar-refractivity contribution in [3.63, 3.8) is 0 Å². The van der Waals surface area contributed by atoms with Crippen LogP contribution in [0, 0.1) is 0 Å². The van der Waals surface area contributed by atoms with E-state index in [1.54, 1.807) is 0 Å². The van der Waals surface area contributed by atoms with E-state index in [-0.39, 0.29) is 0 Å². The molecule has 178 valence electrons. The van der Waals surface area contributed by atoms with Crippen molar-refractivity contribution in [1.29, 1.82) is 0 Å². The third-order valence-corrected chi connectivity index (χ3v) is 6.91. The highest BCUT2D eigenvalue weighted by atomic mass is 16.5. The summed E-state index contributed by atoms with van der Waals surface area (Å²) in [7, 11) is 4.54. The fraction of sp³-hybridized carbons (Fsp3) is 0.586. The van der Waals surface area contributed by atoms with Crippen LogP contribution in [-0.4, -0.2) is 31.7 Å². The molecule has 0 spiro atoms. The van der Waals surface area contributed by atoms with Gasteiger partial charge in [0.1, 0.15) is 11.5 Å². The molecule has 0 amide bonds. The minimum absolute atomic E-state index is 0.454. The number of nitrogens with zero attached hydrogens (tertiary/aromatic N) is 1. The molecular weight excluding hydrogens is 394 g/mol. The number of unbranched alkanes of at least 4 members (excludes halogenated alkanes) is 5. The number of ether oxygens (including phenoxy) is 2. The van der Waals surface area contributed by atoms with Crippen LogP contribution < -0.4 is 4.74 Å². The maximum absolute atomic E-state index is 6.64. The molecule has 3 nitrogen and oxygen atoms in total. The first kappa shape index (κ1) is 26.4. The van der Waals surface area contributed by atoms with E-state index in [9.17, 15) is 0 Å². The fourth-order valence-electron chi connectivity index (χ4n) is 4.71. The highest BCUT2D eigenvalue weighted by Crippen LogP contribution is 2.45. The summed E-state index contributed by atoms with van der Waals surface area (Å²) in [6, 6.07) is 16.8. The van der Waals surface area contributed by atoms with Crippen molar-refractivity contribution in [3.05, 3.63) is 59.7 Å². The third-order valence-electron chi connectivity index (χ3n) is 6.91. The average Bonchev–Trinajstić information content (AvgIpc) is 2.81. The Morgan fingerprint density at radius 1 is 0.781 bits per heavy atom. The number of quaternary nitrogens is 1. The van der Waals surface area contributed by atoms with Gasteiger partial charge in [-0.2, -0.15) is 0 Å². The maximum atomic E-state index is 6.64. The van der Waals surface area contributed by atoms with Crippen LogP contribution >= 0.6 is 0 Å². The second kappa shape index (κ2) is 13.0. The smallest absolute Gasteiger partial charge is 0.233 e. The quantitative estimate of drug-likeness (QED) is 0.158. The molecule has 0 saturated carbocycles. The summed E-state index contributed by atoms with van der Waals surface area (Å²) in [6.45, 7) is 10.5. The Morgan fingerprint density at radius 2 is 1.47 bits per heavy atom. The van der Waals surface area contributed by atoms with Gasteiger partial charge < -0.3 is 9.47 Å². The van der Waals surface area contributed by atoms with Gasteiger partial charge in [-0.1, -0.05) is 76.3 Å². The monoisotopic (exact) mass is 440 g/mol. The van der Waals surface area contributed by atoms with Gasteiger partial charge >= 0.3 is 0 Å². The zero-order chi connectivity index (χ0) is 23.5. The first-order chi connectivity index (χ1) is 15.5. The van der Waals surface area contributed by atoms with E-state index < -0.39 is 5.72 Å². The van der Waals surface area contributed by atoms with Gasteiger partial charge in [0.15, 0.2) is 0 Å². The van der Waals surface area contributed by atoms with Crippen molar-refractivity contribution in [1.82, 2.24) is 0 Å². The van der Waals surface area contributed by atoms with Crippen LogP contribution in [0.3, 0.4) is 0 Å². The Morgan fingerprint density at radius 3 is 2.09 bits per heavy atom. The lowest BCUT2D eigenvalue weighted by molar-refractivity contribution is -0.976. The first-order valence-electron chi connectivity index (χ1n) is 12.8. The lowest BCUT2D eigenvalue weighted by atomic mass is 9.91. The minimum Gasteiger partial charge on any atom is -0.456 e. The van der Waals surface area contributed by atoms with E-state index in [0.717, 1.165) is 35.4 Å². The van der Waals surface area contributed by atoms with Gasteiger partial charge in [-0.3, -0.25) is 4.48 Å². The van der Waals surface area contributed by atoms with Crippen LogP contribution in [0.2, 0.25) is 0 Å². The summed E-state index contributed by atoms with van der Waals surface area (Å²) in [5.41, 5.74) is 2.00. The van der Waals surface area contributed by atoms with Crippen molar-refractivity contribution in [2.24, 2.45) is 0 Å². The summed E-state index contributed by atoms with van der Waals surface area (Å²) in [6.07, 6.45) is 9.68. The second-order valence-electron chi connectivity index (χ2n) is 9.30. The van der Waals surface area contributed by atoms with Crippen LogP contribution in [0.5, 0.6) is 11.5 Å². The van der Waals surface area contributed by atoms with Gasteiger partial charge in [0.25, 0.3) is 0 Å². The molecule has 0 saturated heterocycles. The molecule has 3 heteroatoms. The maximum Gasteiger partial charge on any atom is 0.233 e. The number of benzene rings is 2. The van der Waals surface area contributed by atoms with Crippen LogP contribution in [0.1, 0.15) is 83.8 Å². The minimum atomic E-state index is -0.454. The Bertz CT molecular complexity index is 787. The van der Waals surface area contributed by atoms with Gasteiger partial charge in [-0.15, -0.1) is 0 Å². The van der Waals surface area contributed by atoms with Crippen molar-refractivity contribution >= 4 is 0 Å². The summed E-state index contributed by atoms with van der Waals surface area (Å²) in [5, 5.41) is 0. The van der Waals surface area contributed by atoms with E-state index in [4.69, 9.17) is 9.47 Å². The molecule has 0 aliphatic heterocycles. The summed E-state index contributed by atoms with van der Waals surface area (Å²) in [4.78, 5) is 0. The summed E-state index contributed by atoms with van der Waals surface area (Å²) in [5.74, 6) is 1.87. The number of hydrogen-bond donors (Lipinski definition) is 0. The van der Waals surface area contributed by atoms with Crippen LogP contribution in [-0.2, 0) is 16.9 Å². The van der Waals surface area contributed by atoms with Crippen LogP contribution in [0.4, 0.5) is 0 Å². The van der Waals surface area contributed by atoms with Gasteiger partial charge in [-0.05, 0) is 50.5 Å². The largest absolute Gasteiger partial charge is 0.456 e. The van der Waals surface area contributed by atoms with Gasteiger partial charge in [0.2, 0.25) is 5.72 Å². The van der Waals surface area contributed by atoms with Crippen molar-refractivity contribution in [3.8, 4) is 11.5 Å². The molecule has 0 bridgehead atoms. The standard InChI is InChI=1S/C29H46NO2/c1-7-11-12-13-14-16-20-25-21-19-24-27(28(25)32-26-22-17-15-18-23-26)29(8-2,31-10-4)30(5,6)9-3/h15,17-19,21-24H,7-14,16,20H2,1-6H3/q+1. The Labute approximate surface area is 197 Å². The van der Waals surface area contributed by atoms with E-state index in [1.807, 2.05) is 30.3 Å². The van der Waals surface area contributed by atoms with Crippen molar-refractivity contribution in [2.45, 2.75) is 84.8 Å².